The first-order chi connectivity index (χ1) is 12.1. The molecule has 25 heavy (non-hydrogen) atoms. The Balaban J connectivity index is 1.79. The van der Waals surface area contributed by atoms with Gasteiger partial charge in [-0.15, -0.1) is 0 Å². The van der Waals surface area contributed by atoms with Gasteiger partial charge in [0.2, 0.25) is 0 Å². The molecule has 140 valence electrons. The third-order valence-electron chi connectivity index (χ3n) is 5.19. The number of benzene rings is 1. The van der Waals surface area contributed by atoms with Crippen LogP contribution < -0.4 is 10.1 Å². The molecule has 0 radical (unpaired) electrons. The van der Waals surface area contributed by atoms with Gasteiger partial charge in [-0.05, 0) is 44.8 Å². The zero-order chi connectivity index (χ0) is 18.1. The van der Waals surface area contributed by atoms with Crippen LogP contribution in [-0.2, 0) is 11.3 Å². The van der Waals surface area contributed by atoms with Crippen LogP contribution in [0, 0.1) is 5.92 Å². The topological polar surface area (TPSA) is 61.8 Å². The summed E-state index contributed by atoms with van der Waals surface area (Å²) in [5.74, 6) is 0.139. The van der Waals surface area contributed by atoms with E-state index < -0.39 is 5.97 Å². The summed E-state index contributed by atoms with van der Waals surface area (Å²) in [5.41, 5.74) is 1.17. The number of ether oxygens (including phenoxy) is 1. The molecular formula is C20H32N2O3. The molecule has 0 unspecified atom stereocenters. The number of carboxylic acid groups (broad SMARTS) is 1. The fourth-order valence-electron chi connectivity index (χ4n) is 3.41. The lowest BCUT2D eigenvalue weighted by Crippen LogP contribution is -2.34. The molecule has 2 N–H and O–H groups in total. The van der Waals surface area contributed by atoms with Crippen LogP contribution in [0.25, 0.3) is 0 Å². The largest absolute Gasteiger partial charge is 0.492 e. The fourth-order valence-corrected chi connectivity index (χ4v) is 3.41. The number of para-hydroxylation sites is 1. The van der Waals surface area contributed by atoms with Crippen molar-refractivity contribution in [3.05, 3.63) is 29.8 Å². The summed E-state index contributed by atoms with van der Waals surface area (Å²) in [6.07, 6.45) is 3.41. The number of carbonyl (C=O) groups is 1. The van der Waals surface area contributed by atoms with Crippen LogP contribution in [0.1, 0.15) is 45.1 Å². The van der Waals surface area contributed by atoms with Crippen LogP contribution in [0.5, 0.6) is 5.75 Å². The van der Waals surface area contributed by atoms with Gasteiger partial charge in [-0.1, -0.05) is 32.0 Å². The van der Waals surface area contributed by atoms with Crippen LogP contribution in [0.15, 0.2) is 24.3 Å². The average Bonchev–Trinajstić information content (AvgIpc) is 2.64. The second-order valence-electron chi connectivity index (χ2n) is 6.75. The number of likely N-dealkylation sites (N-methyl/N-ethyl adjacent to an activating group) is 1. The van der Waals surface area contributed by atoms with E-state index in [1.165, 1.54) is 5.56 Å². The Morgan fingerprint density at radius 3 is 2.52 bits per heavy atom. The molecule has 1 aromatic carbocycles. The lowest BCUT2D eigenvalue weighted by Gasteiger charge is -2.27. The first-order valence-corrected chi connectivity index (χ1v) is 9.53. The minimum Gasteiger partial charge on any atom is -0.492 e. The van der Waals surface area contributed by atoms with E-state index in [-0.39, 0.29) is 5.92 Å². The highest BCUT2D eigenvalue weighted by Crippen LogP contribution is 2.25. The molecule has 5 nitrogen and oxygen atoms in total. The van der Waals surface area contributed by atoms with Crippen molar-refractivity contribution in [1.29, 1.82) is 0 Å². The van der Waals surface area contributed by atoms with Crippen molar-refractivity contribution in [2.45, 2.75) is 52.1 Å². The van der Waals surface area contributed by atoms with Gasteiger partial charge in [-0.3, -0.25) is 4.79 Å². The van der Waals surface area contributed by atoms with Gasteiger partial charge in [0.1, 0.15) is 12.4 Å². The van der Waals surface area contributed by atoms with E-state index in [1.54, 1.807) is 0 Å². The van der Waals surface area contributed by atoms with Crippen molar-refractivity contribution in [1.82, 2.24) is 10.2 Å². The van der Waals surface area contributed by atoms with Gasteiger partial charge in [0.15, 0.2) is 0 Å². The standard InChI is InChI=1S/C20H32N2O3/c1-3-22(4-2)13-14-25-19-8-6-5-7-17(19)15-21-18-11-9-16(10-12-18)20(23)24/h5-8,16,18,21H,3-4,9-15H2,1-2H3,(H,23,24). The van der Waals surface area contributed by atoms with E-state index in [9.17, 15) is 4.79 Å². The van der Waals surface area contributed by atoms with E-state index in [4.69, 9.17) is 9.84 Å². The number of rotatable bonds is 10. The molecule has 0 spiro atoms. The second kappa shape index (κ2) is 10.4. The smallest absolute Gasteiger partial charge is 0.306 e. The Morgan fingerprint density at radius 1 is 1.20 bits per heavy atom. The molecule has 1 aliphatic rings. The minimum absolute atomic E-state index is 0.159. The van der Waals surface area contributed by atoms with E-state index in [2.05, 4.69) is 30.1 Å². The van der Waals surface area contributed by atoms with Gasteiger partial charge in [-0.25, -0.2) is 0 Å². The first kappa shape index (κ1) is 19.7. The van der Waals surface area contributed by atoms with Crippen LogP contribution in [-0.4, -0.2) is 48.3 Å². The van der Waals surface area contributed by atoms with Crippen molar-refractivity contribution < 1.29 is 14.6 Å². The minimum atomic E-state index is -0.648. The Hall–Kier alpha value is -1.59. The summed E-state index contributed by atoms with van der Waals surface area (Å²) >= 11 is 0. The van der Waals surface area contributed by atoms with Crippen LogP contribution in [0.2, 0.25) is 0 Å². The molecule has 0 saturated heterocycles. The first-order valence-electron chi connectivity index (χ1n) is 9.53. The number of hydrogen-bond donors (Lipinski definition) is 2. The molecule has 0 bridgehead atoms. The molecule has 2 rings (SSSR count). The number of aliphatic carboxylic acids is 1. The molecule has 1 aliphatic carbocycles. The van der Waals surface area contributed by atoms with Crippen LogP contribution in [0.4, 0.5) is 0 Å². The number of nitrogens with one attached hydrogen (secondary N) is 1. The third-order valence-corrected chi connectivity index (χ3v) is 5.19. The fraction of sp³-hybridized carbons (Fsp3) is 0.650. The monoisotopic (exact) mass is 348 g/mol. The lowest BCUT2D eigenvalue weighted by atomic mass is 9.86. The quantitative estimate of drug-likeness (QED) is 0.680. The zero-order valence-corrected chi connectivity index (χ0v) is 15.5. The van der Waals surface area contributed by atoms with Crippen molar-refractivity contribution in [3.63, 3.8) is 0 Å². The predicted octanol–water partition coefficient (Wildman–Crippen LogP) is 3.14. The molecule has 0 heterocycles. The number of carboxylic acids is 1. The lowest BCUT2D eigenvalue weighted by molar-refractivity contribution is -0.142. The maximum atomic E-state index is 11.0. The SMILES string of the molecule is CCN(CC)CCOc1ccccc1CNC1CCC(C(=O)O)CC1. The maximum absolute atomic E-state index is 11.0. The molecule has 0 aromatic heterocycles. The molecule has 1 saturated carbocycles. The normalized spacial score (nSPS) is 20.6. The summed E-state index contributed by atoms with van der Waals surface area (Å²) in [6, 6.07) is 8.58. The van der Waals surface area contributed by atoms with Gasteiger partial charge < -0.3 is 20.1 Å². The zero-order valence-electron chi connectivity index (χ0n) is 15.5. The van der Waals surface area contributed by atoms with Crippen LogP contribution in [0.3, 0.4) is 0 Å². The second-order valence-corrected chi connectivity index (χ2v) is 6.75. The predicted molar refractivity (Wildman–Crippen MR) is 99.9 cm³/mol. The van der Waals surface area contributed by atoms with Gasteiger partial charge in [-0.2, -0.15) is 0 Å². The van der Waals surface area contributed by atoms with Crippen LogP contribution >= 0.6 is 0 Å². The molecule has 0 aliphatic heterocycles. The average molecular weight is 348 g/mol. The third kappa shape index (κ3) is 6.33. The molecule has 0 atom stereocenters. The van der Waals surface area contributed by atoms with E-state index in [0.717, 1.165) is 57.6 Å². The summed E-state index contributed by atoms with van der Waals surface area (Å²) in [6.45, 7) is 8.82. The molecule has 1 aromatic rings. The Bertz CT molecular complexity index is 523. The van der Waals surface area contributed by atoms with Crippen molar-refractivity contribution >= 4 is 5.97 Å². The Morgan fingerprint density at radius 2 is 1.88 bits per heavy atom. The van der Waals surface area contributed by atoms with Gasteiger partial charge in [0.05, 0.1) is 5.92 Å². The van der Waals surface area contributed by atoms with Crippen molar-refractivity contribution in [2.75, 3.05) is 26.2 Å². The number of hydrogen-bond acceptors (Lipinski definition) is 4. The van der Waals surface area contributed by atoms with E-state index in [0.29, 0.717) is 12.6 Å². The summed E-state index contributed by atoms with van der Waals surface area (Å²) < 4.78 is 6.00. The van der Waals surface area contributed by atoms with Gasteiger partial charge >= 0.3 is 5.97 Å². The van der Waals surface area contributed by atoms with Crippen molar-refractivity contribution in [3.8, 4) is 5.75 Å². The van der Waals surface area contributed by atoms with E-state index in [1.807, 2.05) is 18.2 Å². The Kier molecular flexibility index (Phi) is 8.22. The molecule has 0 amide bonds. The molecular weight excluding hydrogens is 316 g/mol. The van der Waals surface area contributed by atoms with Crippen molar-refractivity contribution in [2.24, 2.45) is 5.92 Å². The highest BCUT2D eigenvalue weighted by atomic mass is 16.5. The number of nitrogens with zero attached hydrogens (tertiary/aromatic N) is 1. The Labute approximate surface area is 151 Å². The summed E-state index contributed by atoms with van der Waals surface area (Å²) in [5, 5.41) is 12.7. The summed E-state index contributed by atoms with van der Waals surface area (Å²) in [4.78, 5) is 13.4. The molecule has 5 heteroatoms. The molecule has 1 fully saturated rings. The maximum Gasteiger partial charge on any atom is 0.306 e. The highest BCUT2D eigenvalue weighted by molar-refractivity contribution is 5.70. The summed E-state index contributed by atoms with van der Waals surface area (Å²) in [7, 11) is 0. The van der Waals surface area contributed by atoms with Gasteiger partial charge in [0.25, 0.3) is 0 Å². The van der Waals surface area contributed by atoms with E-state index >= 15 is 0 Å². The highest BCUT2D eigenvalue weighted by Gasteiger charge is 2.25. The van der Waals surface area contributed by atoms with Gasteiger partial charge in [0, 0.05) is 24.7 Å².